The lowest BCUT2D eigenvalue weighted by Gasteiger charge is -2.19. The Morgan fingerprint density at radius 1 is 0.818 bits per heavy atom. The number of benzene rings is 1. The van der Waals surface area contributed by atoms with Crippen LogP contribution in [0.3, 0.4) is 0 Å². The lowest BCUT2D eigenvalue weighted by atomic mass is 10.2. The van der Waals surface area contributed by atoms with Gasteiger partial charge in [-0.25, -0.2) is 0 Å². The predicted molar refractivity (Wildman–Crippen MR) is 111 cm³/mol. The number of nitrogens with zero attached hydrogens (tertiary/aromatic N) is 2. The predicted octanol–water partition coefficient (Wildman–Crippen LogP) is 1.07. The van der Waals surface area contributed by atoms with E-state index in [9.17, 15) is 25.3 Å². The maximum Gasteiger partial charge on any atom is 0.321 e. The van der Waals surface area contributed by atoms with Gasteiger partial charge in [0.1, 0.15) is 12.7 Å². The van der Waals surface area contributed by atoms with Gasteiger partial charge in [-0.2, -0.15) is 0 Å². The summed E-state index contributed by atoms with van der Waals surface area (Å²) in [6.07, 6.45) is -0.648. The van der Waals surface area contributed by atoms with Crippen LogP contribution in [-0.2, 0) is 28.4 Å². The molecule has 1 heterocycles. The van der Waals surface area contributed by atoms with Gasteiger partial charge in [-0.1, -0.05) is 0 Å². The van der Waals surface area contributed by atoms with Crippen LogP contribution >= 0.6 is 0 Å². The summed E-state index contributed by atoms with van der Waals surface area (Å²) in [5.41, 5.74) is -1.43. The summed E-state index contributed by atoms with van der Waals surface area (Å²) in [6.45, 7) is 3.48. The number of aromatic hydroxyl groups is 1. The molecule has 1 aliphatic heterocycles. The van der Waals surface area contributed by atoms with Gasteiger partial charge in [0.15, 0.2) is 5.75 Å². The molecular formula is C19H28N2O12. The fourth-order valence-corrected chi connectivity index (χ4v) is 2.63. The van der Waals surface area contributed by atoms with Crippen molar-refractivity contribution in [3.8, 4) is 11.5 Å². The van der Waals surface area contributed by atoms with Crippen LogP contribution in [0.4, 0.5) is 11.4 Å². The third-order valence-electron chi connectivity index (χ3n) is 4.24. The van der Waals surface area contributed by atoms with E-state index in [1.807, 2.05) is 0 Å². The molecule has 0 bridgehead atoms. The second-order valence-electron chi connectivity index (χ2n) is 6.65. The van der Waals surface area contributed by atoms with Gasteiger partial charge in [-0.05, 0) is 0 Å². The summed E-state index contributed by atoms with van der Waals surface area (Å²) in [6, 6.07) is 1.56. The molecule has 1 unspecified atom stereocenters. The molecule has 2 rings (SSSR count). The Kier molecular flexibility index (Phi) is 12.3. The molecule has 1 aliphatic rings. The molecule has 0 radical (unpaired) electrons. The van der Waals surface area contributed by atoms with Crippen LogP contribution in [0.2, 0.25) is 0 Å². The molecule has 1 aromatic rings. The fourth-order valence-electron chi connectivity index (χ4n) is 2.63. The van der Waals surface area contributed by atoms with Gasteiger partial charge in [-0.15, -0.1) is 0 Å². The first-order chi connectivity index (χ1) is 16.0. The maximum atomic E-state index is 11.1. The smallest absolute Gasteiger partial charge is 0.321 e. The van der Waals surface area contributed by atoms with Crippen LogP contribution < -0.4 is 4.74 Å². The molecular weight excluding hydrogens is 448 g/mol. The second-order valence-corrected chi connectivity index (χ2v) is 6.65. The summed E-state index contributed by atoms with van der Waals surface area (Å²) in [5.74, 6) is -1.22. The molecule has 1 N–H and O–H groups in total. The number of hydrogen-bond acceptors (Lipinski definition) is 12. The van der Waals surface area contributed by atoms with Gasteiger partial charge in [0, 0.05) is 0 Å². The summed E-state index contributed by atoms with van der Waals surface area (Å²) >= 11 is 0. The van der Waals surface area contributed by atoms with Crippen molar-refractivity contribution in [3.05, 3.63) is 32.4 Å². The van der Waals surface area contributed by atoms with E-state index < -0.39 is 38.8 Å². The van der Waals surface area contributed by atoms with E-state index in [2.05, 4.69) is 0 Å². The molecule has 14 nitrogen and oxygen atoms in total. The molecule has 0 aromatic heterocycles. The normalized spacial score (nSPS) is 20.3. The van der Waals surface area contributed by atoms with Crippen molar-refractivity contribution in [1.29, 1.82) is 0 Å². The lowest BCUT2D eigenvalue weighted by molar-refractivity contribution is -0.394. The summed E-state index contributed by atoms with van der Waals surface area (Å²) in [4.78, 5) is 20.4. The SMILES string of the molecule is O=[N+]([O-])c1cc(OCC2COCCOCCOCCOCCOCCO2)c(O)c([N+](=O)[O-])c1. The number of phenolic OH excluding ortho intramolecular Hbond substituents is 1. The summed E-state index contributed by atoms with van der Waals surface area (Å²) in [7, 11) is 0. The van der Waals surface area contributed by atoms with Crippen molar-refractivity contribution in [2.45, 2.75) is 6.10 Å². The third-order valence-corrected chi connectivity index (χ3v) is 4.24. The minimum atomic E-state index is -0.933. The van der Waals surface area contributed by atoms with Crippen LogP contribution in [0, 0.1) is 20.2 Å². The second kappa shape index (κ2) is 15.3. The Bertz CT molecular complexity index is 730. The van der Waals surface area contributed by atoms with Crippen LogP contribution in [0.5, 0.6) is 11.5 Å². The van der Waals surface area contributed by atoms with E-state index >= 15 is 0 Å². The molecule has 0 spiro atoms. The van der Waals surface area contributed by atoms with Crippen molar-refractivity contribution in [2.75, 3.05) is 79.3 Å². The van der Waals surface area contributed by atoms with Gasteiger partial charge in [0.05, 0.1) is 94.7 Å². The highest BCUT2D eigenvalue weighted by atomic mass is 16.6. The maximum absolute atomic E-state index is 11.1. The average Bonchev–Trinajstić information content (AvgIpc) is 2.78. The van der Waals surface area contributed by atoms with E-state index in [1.54, 1.807) is 0 Å². The number of nitro groups is 2. The molecule has 186 valence electrons. The number of ether oxygens (including phenoxy) is 7. The first-order valence-electron chi connectivity index (χ1n) is 10.3. The standard InChI is InChI=1S/C19H28N2O12/c22-19-17(21(25)26)11-15(20(23)24)12-18(19)33-14-16-13-31-8-7-29-4-3-27-1-2-28-5-6-30-9-10-32-16/h11-12,16,22H,1-10,13-14H2. The average molecular weight is 476 g/mol. The van der Waals surface area contributed by atoms with E-state index in [-0.39, 0.29) is 33.0 Å². The van der Waals surface area contributed by atoms with Gasteiger partial charge in [-0.3, -0.25) is 20.2 Å². The number of non-ortho nitro benzene ring substituents is 1. The molecule has 1 saturated heterocycles. The van der Waals surface area contributed by atoms with Gasteiger partial charge in [0.2, 0.25) is 5.75 Å². The number of nitro benzene ring substituents is 2. The Balaban J connectivity index is 1.96. The molecule has 1 atom stereocenters. The Labute approximate surface area is 189 Å². The third kappa shape index (κ3) is 10.2. The molecule has 0 saturated carbocycles. The van der Waals surface area contributed by atoms with Crippen molar-refractivity contribution in [2.24, 2.45) is 0 Å². The Hall–Kier alpha value is -2.62. The molecule has 1 fully saturated rings. The lowest BCUT2D eigenvalue weighted by Crippen LogP contribution is -2.29. The highest BCUT2D eigenvalue weighted by molar-refractivity contribution is 5.61. The largest absolute Gasteiger partial charge is 0.500 e. The van der Waals surface area contributed by atoms with Crippen LogP contribution in [-0.4, -0.2) is 100 Å². The summed E-state index contributed by atoms with van der Waals surface area (Å²) in [5, 5.41) is 32.2. The van der Waals surface area contributed by atoms with Crippen LogP contribution in [0.15, 0.2) is 12.1 Å². The zero-order valence-corrected chi connectivity index (χ0v) is 18.0. The Morgan fingerprint density at radius 2 is 1.33 bits per heavy atom. The number of hydrogen-bond donors (Lipinski definition) is 1. The van der Waals surface area contributed by atoms with E-state index in [4.69, 9.17) is 33.2 Å². The molecule has 1 aromatic carbocycles. The van der Waals surface area contributed by atoms with Crippen LogP contribution in [0.1, 0.15) is 0 Å². The molecule has 33 heavy (non-hydrogen) atoms. The first kappa shape index (κ1) is 26.6. The minimum absolute atomic E-state index is 0.0841. The monoisotopic (exact) mass is 476 g/mol. The van der Waals surface area contributed by atoms with Crippen molar-refractivity contribution in [1.82, 2.24) is 0 Å². The first-order valence-corrected chi connectivity index (χ1v) is 10.3. The Morgan fingerprint density at radius 3 is 1.85 bits per heavy atom. The van der Waals surface area contributed by atoms with E-state index in [0.29, 0.717) is 52.3 Å². The number of rotatable bonds is 5. The van der Waals surface area contributed by atoms with Gasteiger partial charge < -0.3 is 38.3 Å². The topological polar surface area (TPSA) is 171 Å². The fraction of sp³-hybridized carbons (Fsp3) is 0.684. The summed E-state index contributed by atoms with van der Waals surface area (Å²) < 4.78 is 38.1. The van der Waals surface area contributed by atoms with Crippen molar-refractivity contribution < 1.29 is 48.1 Å². The zero-order valence-electron chi connectivity index (χ0n) is 18.0. The highest BCUT2D eigenvalue weighted by Crippen LogP contribution is 2.39. The van der Waals surface area contributed by atoms with Crippen molar-refractivity contribution >= 4 is 11.4 Å². The van der Waals surface area contributed by atoms with Gasteiger partial charge >= 0.3 is 5.69 Å². The number of phenols is 1. The van der Waals surface area contributed by atoms with Crippen LogP contribution in [0.25, 0.3) is 0 Å². The van der Waals surface area contributed by atoms with E-state index in [1.165, 1.54) is 0 Å². The van der Waals surface area contributed by atoms with Gasteiger partial charge in [0.25, 0.3) is 5.69 Å². The molecule has 0 aliphatic carbocycles. The molecule has 14 heteroatoms. The highest BCUT2D eigenvalue weighted by Gasteiger charge is 2.25. The molecule has 0 amide bonds. The van der Waals surface area contributed by atoms with E-state index in [0.717, 1.165) is 6.07 Å². The zero-order chi connectivity index (χ0) is 23.9. The van der Waals surface area contributed by atoms with Crippen molar-refractivity contribution in [3.63, 3.8) is 0 Å². The quantitative estimate of drug-likeness (QED) is 0.474. The minimum Gasteiger partial charge on any atom is -0.500 e.